The maximum absolute atomic E-state index is 11.1. The molecule has 5 nitrogen and oxygen atoms in total. The van der Waals surface area contributed by atoms with Crippen molar-refractivity contribution in [3.8, 4) is 0 Å². The summed E-state index contributed by atoms with van der Waals surface area (Å²) in [5.74, 6) is -0.476. The van der Waals surface area contributed by atoms with E-state index in [1.807, 2.05) is 12.3 Å². The summed E-state index contributed by atoms with van der Waals surface area (Å²) in [6.07, 6.45) is 0. The second-order valence-electron chi connectivity index (χ2n) is 3.47. The number of nitrogens with one attached hydrogen (secondary N) is 1. The standard InChI is InChI=1S/C9H11N3O2S/c1-6-10-7(5-15-6)2-12-3-8(13)11-9(14)4-12/h5H,2-4H2,1H3,(H,11,13,14). The van der Waals surface area contributed by atoms with Gasteiger partial charge in [-0.05, 0) is 6.92 Å². The minimum atomic E-state index is -0.238. The molecular formula is C9H11N3O2S. The maximum Gasteiger partial charge on any atom is 0.240 e. The number of nitrogens with zero attached hydrogens (tertiary/aromatic N) is 2. The molecule has 0 bridgehead atoms. The highest BCUT2D eigenvalue weighted by Crippen LogP contribution is 2.10. The fourth-order valence-corrected chi connectivity index (χ4v) is 2.12. The fourth-order valence-electron chi connectivity index (χ4n) is 1.52. The molecule has 2 amide bonds. The van der Waals surface area contributed by atoms with Crippen LogP contribution in [0.15, 0.2) is 5.38 Å². The van der Waals surface area contributed by atoms with Crippen LogP contribution in [0.3, 0.4) is 0 Å². The molecule has 15 heavy (non-hydrogen) atoms. The Kier molecular flexibility index (Phi) is 2.79. The number of thiazole rings is 1. The van der Waals surface area contributed by atoms with E-state index in [9.17, 15) is 9.59 Å². The summed E-state index contributed by atoms with van der Waals surface area (Å²) in [6, 6.07) is 0. The van der Waals surface area contributed by atoms with Gasteiger partial charge < -0.3 is 0 Å². The maximum atomic E-state index is 11.1. The fraction of sp³-hybridized carbons (Fsp3) is 0.444. The molecule has 1 saturated heterocycles. The number of carbonyl (C=O) groups is 2. The van der Waals surface area contributed by atoms with Gasteiger partial charge >= 0.3 is 0 Å². The Labute approximate surface area is 91.1 Å². The molecule has 6 heteroatoms. The third-order valence-electron chi connectivity index (χ3n) is 2.07. The normalized spacial score (nSPS) is 17.9. The number of piperazine rings is 1. The van der Waals surface area contributed by atoms with Gasteiger partial charge in [0.15, 0.2) is 0 Å². The monoisotopic (exact) mass is 225 g/mol. The summed E-state index contributed by atoms with van der Waals surface area (Å²) in [6.45, 7) is 3.02. The predicted octanol–water partition coefficient (Wildman–Crippen LogP) is -0.0901. The Morgan fingerprint density at radius 1 is 1.47 bits per heavy atom. The Bertz CT molecular complexity index is 386. The molecule has 0 radical (unpaired) electrons. The van der Waals surface area contributed by atoms with Crippen LogP contribution in [0.2, 0.25) is 0 Å². The summed E-state index contributed by atoms with van der Waals surface area (Å²) in [5, 5.41) is 5.21. The lowest BCUT2D eigenvalue weighted by Crippen LogP contribution is -2.50. The highest BCUT2D eigenvalue weighted by atomic mass is 32.1. The molecule has 1 aromatic heterocycles. The van der Waals surface area contributed by atoms with Gasteiger partial charge in [0.1, 0.15) is 0 Å². The lowest BCUT2D eigenvalue weighted by atomic mass is 10.3. The van der Waals surface area contributed by atoms with Gasteiger partial charge in [-0.3, -0.25) is 19.8 Å². The summed E-state index contributed by atoms with van der Waals surface area (Å²) >= 11 is 1.57. The number of hydrogen-bond donors (Lipinski definition) is 1. The van der Waals surface area contributed by atoms with E-state index >= 15 is 0 Å². The molecule has 0 spiro atoms. The van der Waals surface area contributed by atoms with Gasteiger partial charge in [0.25, 0.3) is 0 Å². The minimum Gasteiger partial charge on any atom is -0.294 e. The zero-order valence-electron chi connectivity index (χ0n) is 8.32. The molecule has 80 valence electrons. The quantitative estimate of drug-likeness (QED) is 0.715. The number of aryl methyl sites for hydroxylation is 1. The van der Waals surface area contributed by atoms with Gasteiger partial charge in [-0.2, -0.15) is 0 Å². The minimum absolute atomic E-state index is 0.238. The topological polar surface area (TPSA) is 62.3 Å². The molecule has 1 aliphatic rings. The van der Waals surface area contributed by atoms with Crippen molar-refractivity contribution in [2.24, 2.45) is 0 Å². The predicted molar refractivity (Wildman–Crippen MR) is 55.3 cm³/mol. The van der Waals surface area contributed by atoms with Gasteiger partial charge in [0, 0.05) is 11.9 Å². The number of amides is 2. The molecule has 2 heterocycles. The van der Waals surface area contributed by atoms with Crippen molar-refractivity contribution in [2.75, 3.05) is 13.1 Å². The van der Waals surface area contributed by atoms with Crippen LogP contribution in [0.4, 0.5) is 0 Å². The molecule has 0 aliphatic carbocycles. The lowest BCUT2D eigenvalue weighted by Gasteiger charge is -2.24. The van der Waals surface area contributed by atoms with Crippen molar-refractivity contribution in [2.45, 2.75) is 13.5 Å². The number of imide groups is 1. The Morgan fingerprint density at radius 3 is 2.67 bits per heavy atom. The van der Waals surface area contributed by atoms with Gasteiger partial charge in [-0.15, -0.1) is 11.3 Å². The second kappa shape index (κ2) is 4.08. The van der Waals surface area contributed by atoms with E-state index in [4.69, 9.17) is 0 Å². The van der Waals surface area contributed by atoms with Crippen molar-refractivity contribution in [1.82, 2.24) is 15.2 Å². The van der Waals surface area contributed by atoms with Crippen LogP contribution in [0.1, 0.15) is 10.7 Å². The summed E-state index contributed by atoms with van der Waals surface area (Å²) < 4.78 is 0. The molecule has 0 aromatic carbocycles. The van der Waals surface area contributed by atoms with E-state index in [0.717, 1.165) is 10.7 Å². The molecule has 0 atom stereocenters. The summed E-state index contributed by atoms with van der Waals surface area (Å²) in [5.41, 5.74) is 0.917. The Morgan fingerprint density at radius 2 is 2.13 bits per heavy atom. The van der Waals surface area contributed by atoms with Crippen LogP contribution in [-0.4, -0.2) is 34.8 Å². The van der Waals surface area contributed by atoms with E-state index in [1.54, 1.807) is 16.2 Å². The largest absolute Gasteiger partial charge is 0.294 e. The highest BCUT2D eigenvalue weighted by molar-refractivity contribution is 7.09. The van der Waals surface area contributed by atoms with Crippen molar-refractivity contribution in [3.05, 3.63) is 16.1 Å². The zero-order chi connectivity index (χ0) is 10.8. The van der Waals surface area contributed by atoms with Crippen LogP contribution in [0.5, 0.6) is 0 Å². The van der Waals surface area contributed by atoms with Crippen LogP contribution >= 0.6 is 11.3 Å². The SMILES string of the molecule is Cc1nc(CN2CC(=O)NC(=O)C2)cs1. The Balaban J connectivity index is 2.00. The number of rotatable bonds is 2. The first-order chi connectivity index (χ1) is 7.13. The average Bonchev–Trinajstić information content (AvgIpc) is 2.49. The molecule has 1 aliphatic heterocycles. The summed E-state index contributed by atoms with van der Waals surface area (Å²) in [7, 11) is 0. The first-order valence-electron chi connectivity index (χ1n) is 4.59. The lowest BCUT2D eigenvalue weighted by molar-refractivity contribution is -0.136. The van der Waals surface area contributed by atoms with Crippen LogP contribution in [-0.2, 0) is 16.1 Å². The number of aromatic nitrogens is 1. The molecule has 2 rings (SSSR count). The van der Waals surface area contributed by atoms with Crippen molar-refractivity contribution < 1.29 is 9.59 Å². The van der Waals surface area contributed by atoms with Crippen molar-refractivity contribution in [3.63, 3.8) is 0 Å². The van der Waals surface area contributed by atoms with E-state index in [0.29, 0.717) is 6.54 Å². The first kappa shape index (κ1) is 10.3. The smallest absolute Gasteiger partial charge is 0.240 e. The zero-order valence-corrected chi connectivity index (χ0v) is 9.13. The van der Waals surface area contributed by atoms with Gasteiger partial charge in [0.05, 0.1) is 23.8 Å². The third-order valence-corrected chi connectivity index (χ3v) is 2.89. The molecule has 1 N–H and O–H groups in total. The van der Waals surface area contributed by atoms with E-state index in [1.165, 1.54) is 0 Å². The van der Waals surface area contributed by atoms with Crippen LogP contribution < -0.4 is 5.32 Å². The number of hydrogen-bond acceptors (Lipinski definition) is 5. The van der Waals surface area contributed by atoms with Crippen LogP contribution in [0.25, 0.3) is 0 Å². The molecular weight excluding hydrogens is 214 g/mol. The molecule has 1 aromatic rings. The second-order valence-corrected chi connectivity index (χ2v) is 4.54. The van der Waals surface area contributed by atoms with Crippen LogP contribution in [0, 0.1) is 6.92 Å². The van der Waals surface area contributed by atoms with E-state index < -0.39 is 0 Å². The van der Waals surface area contributed by atoms with E-state index in [2.05, 4.69) is 10.3 Å². The van der Waals surface area contributed by atoms with E-state index in [-0.39, 0.29) is 24.9 Å². The highest BCUT2D eigenvalue weighted by Gasteiger charge is 2.22. The first-order valence-corrected chi connectivity index (χ1v) is 5.47. The Hall–Kier alpha value is -1.27. The molecule has 1 fully saturated rings. The van der Waals surface area contributed by atoms with Gasteiger partial charge in [-0.1, -0.05) is 0 Å². The van der Waals surface area contributed by atoms with Crippen molar-refractivity contribution >= 4 is 23.2 Å². The molecule has 0 saturated carbocycles. The molecule has 0 unspecified atom stereocenters. The van der Waals surface area contributed by atoms with Gasteiger partial charge in [0.2, 0.25) is 11.8 Å². The third kappa shape index (κ3) is 2.60. The number of carbonyl (C=O) groups excluding carboxylic acids is 2. The van der Waals surface area contributed by atoms with Gasteiger partial charge in [-0.25, -0.2) is 4.98 Å². The summed E-state index contributed by atoms with van der Waals surface area (Å²) in [4.78, 5) is 28.3. The average molecular weight is 225 g/mol. The van der Waals surface area contributed by atoms with Crippen molar-refractivity contribution in [1.29, 1.82) is 0 Å².